The van der Waals surface area contributed by atoms with E-state index >= 15 is 0 Å². The van der Waals surface area contributed by atoms with Gasteiger partial charge in [0.2, 0.25) is 6.10 Å². The first-order chi connectivity index (χ1) is 8.83. The summed E-state index contributed by atoms with van der Waals surface area (Å²) in [5.74, 6) is 1.23. The zero-order valence-electron chi connectivity index (χ0n) is 10.0. The molecule has 2 atom stereocenters. The van der Waals surface area contributed by atoms with Crippen molar-refractivity contribution >= 4 is 5.91 Å². The van der Waals surface area contributed by atoms with Gasteiger partial charge in [-0.15, -0.1) is 0 Å². The van der Waals surface area contributed by atoms with Crippen LogP contribution in [-0.4, -0.2) is 37.7 Å². The molecule has 1 fully saturated rings. The number of amides is 1. The highest BCUT2D eigenvalue weighted by molar-refractivity contribution is 5.82. The Morgan fingerprint density at radius 3 is 2.94 bits per heavy atom. The highest BCUT2D eigenvalue weighted by Crippen LogP contribution is 2.30. The van der Waals surface area contributed by atoms with E-state index in [4.69, 9.17) is 9.47 Å². The molecule has 2 aliphatic heterocycles. The van der Waals surface area contributed by atoms with Gasteiger partial charge < -0.3 is 20.1 Å². The molecule has 0 spiro atoms. The first-order valence-electron chi connectivity index (χ1n) is 6.22. The summed E-state index contributed by atoms with van der Waals surface area (Å²) < 4.78 is 11.2. The average Bonchev–Trinajstić information content (AvgIpc) is 2.91. The molecule has 2 heterocycles. The number of rotatable bonds is 2. The lowest BCUT2D eigenvalue weighted by molar-refractivity contribution is -0.130. The minimum absolute atomic E-state index is 0.0989. The molecule has 0 aliphatic carbocycles. The van der Waals surface area contributed by atoms with E-state index in [0.717, 1.165) is 19.5 Å². The standard InChI is InChI=1S/C13H16N2O3/c16-13(15-9-5-6-14-7-9)12-8-17-10-3-1-2-4-11(10)18-12/h1-4,9,12,14H,5-8H2,(H,15,16)/t9-,12-/m0/s1. The van der Waals surface area contributed by atoms with Crippen LogP contribution >= 0.6 is 0 Å². The molecule has 0 saturated carbocycles. The summed E-state index contributed by atoms with van der Waals surface area (Å²) in [4.78, 5) is 12.0. The summed E-state index contributed by atoms with van der Waals surface area (Å²) in [6.07, 6.45) is 0.413. The number of carbonyl (C=O) groups is 1. The van der Waals surface area contributed by atoms with Crippen molar-refractivity contribution in [3.05, 3.63) is 24.3 Å². The third-order valence-electron chi connectivity index (χ3n) is 3.21. The van der Waals surface area contributed by atoms with Crippen molar-refractivity contribution in [2.45, 2.75) is 18.6 Å². The van der Waals surface area contributed by atoms with E-state index in [2.05, 4.69) is 10.6 Å². The highest BCUT2D eigenvalue weighted by atomic mass is 16.6. The van der Waals surface area contributed by atoms with E-state index in [1.165, 1.54) is 0 Å². The Morgan fingerprint density at radius 2 is 2.17 bits per heavy atom. The number of carbonyl (C=O) groups excluding carboxylic acids is 1. The molecule has 3 rings (SSSR count). The van der Waals surface area contributed by atoms with Gasteiger partial charge in [-0.2, -0.15) is 0 Å². The molecule has 0 radical (unpaired) electrons. The summed E-state index contributed by atoms with van der Waals surface area (Å²) in [7, 11) is 0. The summed E-state index contributed by atoms with van der Waals surface area (Å²) in [6, 6.07) is 7.60. The smallest absolute Gasteiger partial charge is 0.264 e. The van der Waals surface area contributed by atoms with Crippen LogP contribution in [0, 0.1) is 0 Å². The predicted molar refractivity (Wildman–Crippen MR) is 65.8 cm³/mol. The highest BCUT2D eigenvalue weighted by Gasteiger charge is 2.29. The van der Waals surface area contributed by atoms with Crippen LogP contribution in [0.1, 0.15) is 6.42 Å². The van der Waals surface area contributed by atoms with Crippen molar-refractivity contribution in [2.75, 3.05) is 19.7 Å². The Labute approximate surface area is 105 Å². The molecule has 2 aliphatic rings. The van der Waals surface area contributed by atoms with E-state index in [-0.39, 0.29) is 18.6 Å². The van der Waals surface area contributed by atoms with E-state index in [1.54, 1.807) is 0 Å². The molecule has 0 bridgehead atoms. The molecule has 0 unspecified atom stereocenters. The lowest BCUT2D eigenvalue weighted by atomic mass is 10.2. The molecule has 1 aromatic carbocycles. The number of hydrogen-bond donors (Lipinski definition) is 2. The van der Waals surface area contributed by atoms with Crippen molar-refractivity contribution in [3.8, 4) is 11.5 Å². The molecule has 2 N–H and O–H groups in total. The minimum Gasteiger partial charge on any atom is -0.485 e. The van der Waals surface area contributed by atoms with Crippen LogP contribution in [0.5, 0.6) is 11.5 Å². The number of nitrogens with one attached hydrogen (secondary N) is 2. The molecule has 1 saturated heterocycles. The van der Waals surface area contributed by atoms with E-state index < -0.39 is 6.10 Å². The van der Waals surface area contributed by atoms with E-state index in [9.17, 15) is 4.79 Å². The maximum absolute atomic E-state index is 12.0. The Morgan fingerprint density at radius 1 is 1.33 bits per heavy atom. The zero-order chi connectivity index (χ0) is 12.4. The van der Waals surface area contributed by atoms with Crippen molar-refractivity contribution in [1.29, 1.82) is 0 Å². The van der Waals surface area contributed by atoms with Gasteiger partial charge in [0.25, 0.3) is 5.91 Å². The van der Waals surface area contributed by atoms with Crippen molar-refractivity contribution in [1.82, 2.24) is 10.6 Å². The lowest BCUT2D eigenvalue weighted by Gasteiger charge is -2.26. The predicted octanol–water partition coefficient (Wildman–Crippen LogP) is 0.304. The minimum atomic E-state index is -0.555. The molecule has 0 aromatic heterocycles. The van der Waals surface area contributed by atoms with Gasteiger partial charge in [-0.05, 0) is 25.1 Å². The summed E-state index contributed by atoms with van der Waals surface area (Å²) >= 11 is 0. The van der Waals surface area contributed by atoms with Crippen molar-refractivity contribution < 1.29 is 14.3 Å². The summed E-state index contributed by atoms with van der Waals surface area (Å²) in [6.45, 7) is 2.05. The van der Waals surface area contributed by atoms with Crippen LogP contribution in [-0.2, 0) is 4.79 Å². The maximum atomic E-state index is 12.0. The molecule has 5 heteroatoms. The summed E-state index contributed by atoms with van der Waals surface area (Å²) in [5.41, 5.74) is 0. The third kappa shape index (κ3) is 2.26. The van der Waals surface area contributed by atoms with Crippen LogP contribution in [0.25, 0.3) is 0 Å². The van der Waals surface area contributed by atoms with Crippen LogP contribution in [0.3, 0.4) is 0 Å². The first kappa shape index (κ1) is 11.3. The quantitative estimate of drug-likeness (QED) is 0.790. The second kappa shape index (κ2) is 4.86. The van der Waals surface area contributed by atoms with Crippen LogP contribution in [0.2, 0.25) is 0 Å². The molecular formula is C13H16N2O3. The van der Waals surface area contributed by atoms with Gasteiger partial charge in [0, 0.05) is 12.6 Å². The van der Waals surface area contributed by atoms with Crippen LogP contribution in [0.15, 0.2) is 24.3 Å². The first-order valence-corrected chi connectivity index (χ1v) is 6.22. The third-order valence-corrected chi connectivity index (χ3v) is 3.21. The lowest BCUT2D eigenvalue weighted by Crippen LogP contribution is -2.48. The van der Waals surface area contributed by atoms with Crippen molar-refractivity contribution in [2.24, 2.45) is 0 Å². The number of benzene rings is 1. The van der Waals surface area contributed by atoms with Gasteiger partial charge in [-0.25, -0.2) is 0 Å². The normalized spacial score (nSPS) is 25.8. The van der Waals surface area contributed by atoms with Gasteiger partial charge in [-0.1, -0.05) is 12.1 Å². The van der Waals surface area contributed by atoms with Gasteiger partial charge in [0.15, 0.2) is 11.5 Å². The van der Waals surface area contributed by atoms with Gasteiger partial charge in [0.1, 0.15) is 6.61 Å². The molecule has 1 amide bonds. The van der Waals surface area contributed by atoms with Gasteiger partial charge >= 0.3 is 0 Å². The van der Waals surface area contributed by atoms with Gasteiger partial charge in [0.05, 0.1) is 0 Å². The van der Waals surface area contributed by atoms with E-state index in [0.29, 0.717) is 11.5 Å². The number of hydrogen-bond acceptors (Lipinski definition) is 4. The summed E-state index contributed by atoms with van der Waals surface area (Å²) in [5, 5.41) is 6.18. The monoisotopic (exact) mass is 248 g/mol. The Hall–Kier alpha value is -1.75. The number of fused-ring (bicyclic) bond motifs is 1. The van der Waals surface area contributed by atoms with Crippen LogP contribution < -0.4 is 20.1 Å². The molecule has 96 valence electrons. The molecule has 18 heavy (non-hydrogen) atoms. The number of ether oxygens (including phenoxy) is 2. The van der Waals surface area contributed by atoms with Crippen LogP contribution in [0.4, 0.5) is 0 Å². The Bertz CT molecular complexity index is 444. The fraction of sp³-hybridized carbons (Fsp3) is 0.462. The molecule has 1 aromatic rings. The maximum Gasteiger partial charge on any atom is 0.264 e. The topological polar surface area (TPSA) is 59.6 Å². The van der Waals surface area contributed by atoms with Gasteiger partial charge in [-0.3, -0.25) is 4.79 Å². The Kier molecular flexibility index (Phi) is 3.06. The fourth-order valence-electron chi connectivity index (χ4n) is 2.22. The molecular weight excluding hydrogens is 232 g/mol. The second-order valence-electron chi connectivity index (χ2n) is 4.56. The second-order valence-corrected chi connectivity index (χ2v) is 4.56. The number of para-hydroxylation sites is 2. The Balaban J connectivity index is 1.62. The average molecular weight is 248 g/mol. The SMILES string of the molecule is O=C(N[C@H]1CCNC1)[C@@H]1COc2ccccc2O1. The van der Waals surface area contributed by atoms with E-state index in [1.807, 2.05) is 24.3 Å². The fourth-order valence-corrected chi connectivity index (χ4v) is 2.22. The molecule has 5 nitrogen and oxygen atoms in total. The van der Waals surface area contributed by atoms with Crippen molar-refractivity contribution in [3.63, 3.8) is 0 Å². The largest absolute Gasteiger partial charge is 0.485 e. The zero-order valence-corrected chi connectivity index (χ0v) is 10.0.